The molecule has 0 radical (unpaired) electrons. The van der Waals surface area contributed by atoms with E-state index in [4.69, 9.17) is 4.74 Å². The Bertz CT molecular complexity index is 234. The Hall–Kier alpha value is -0.610. The minimum absolute atomic E-state index is 0.269. The van der Waals surface area contributed by atoms with Crippen LogP contribution in [0.1, 0.15) is 40.0 Å². The molecule has 0 amide bonds. The molecular formula is C10H18O4. The molecule has 82 valence electrons. The van der Waals surface area contributed by atoms with Crippen LogP contribution in [0, 0.1) is 0 Å². The van der Waals surface area contributed by atoms with Crippen molar-refractivity contribution in [3.63, 3.8) is 0 Å². The van der Waals surface area contributed by atoms with Gasteiger partial charge in [0.15, 0.2) is 5.60 Å². The van der Waals surface area contributed by atoms with E-state index < -0.39 is 17.2 Å². The van der Waals surface area contributed by atoms with Gasteiger partial charge in [-0.05, 0) is 40.0 Å². The number of carbonyl (C=O) groups is 1. The fraction of sp³-hybridized carbons (Fsp3) is 0.900. The van der Waals surface area contributed by atoms with Crippen molar-refractivity contribution in [3.8, 4) is 0 Å². The number of carbonyl (C=O) groups excluding carboxylic acids is 1. The molecule has 14 heavy (non-hydrogen) atoms. The van der Waals surface area contributed by atoms with Crippen molar-refractivity contribution in [2.75, 3.05) is 0 Å². The van der Waals surface area contributed by atoms with Crippen LogP contribution in [0.15, 0.2) is 0 Å². The van der Waals surface area contributed by atoms with Gasteiger partial charge in [-0.2, -0.15) is 0 Å². The van der Waals surface area contributed by atoms with Crippen molar-refractivity contribution >= 4 is 5.97 Å². The van der Waals surface area contributed by atoms with Crippen molar-refractivity contribution in [2.45, 2.75) is 57.3 Å². The van der Waals surface area contributed by atoms with Gasteiger partial charge in [0.05, 0.1) is 6.10 Å². The molecular weight excluding hydrogens is 184 g/mol. The maximum absolute atomic E-state index is 11.6. The molecule has 1 saturated carbocycles. The molecule has 0 heterocycles. The summed E-state index contributed by atoms with van der Waals surface area (Å²) in [6, 6.07) is 0. The number of aliphatic hydroxyl groups is 2. The van der Waals surface area contributed by atoms with Crippen LogP contribution >= 0.6 is 0 Å². The summed E-state index contributed by atoms with van der Waals surface area (Å²) in [5.74, 6) is -0.713. The summed E-state index contributed by atoms with van der Waals surface area (Å²) in [6.45, 7) is 4.90. The van der Waals surface area contributed by atoms with Crippen LogP contribution in [0.5, 0.6) is 0 Å². The Balaban J connectivity index is 2.79. The molecule has 0 aromatic heterocycles. The molecule has 4 heteroatoms. The number of ether oxygens (including phenoxy) is 1. The van der Waals surface area contributed by atoms with Gasteiger partial charge in [0.1, 0.15) is 5.60 Å². The minimum Gasteiger partial charge on any atom is -0.461 e. The fourth-order valence-corrected chi connectivity index (χ4v) is 1.80. The highest BCUT2D eigenvalue weighted by Crippen LogP contribution is 2.40. The number of hydrogen-bond acceptors (Lipinski definition) is 4. The smallest absolute Gasteiger partial charge is 0.341 e. The minimum atomic E-state index is -1.72. The zero-order valence-electron chi connectivity index (χ0n) is 8.91. The van der Waals surface area contributed by atoms with Crippen molar-refractivity contribution < 1.29 is 19.7 Å². The van der Waals surface area contributed by atoms with Crippen LogP contribution in [0.3, 0.4) is 0 Å². The monoisotopic (exact) mass is 202 g/mol. The second kappa shape index (κ2) is 3.51. The van der Waals surface area contributed by atoms with E-state index in [1.807, 2.05) is 0 Å². The first kappa shape index (κ1) is 11.5. The molecule has 2 unspecified atom stereocenters. The Morgan fingerprint density at radius 2 is 1.93 bits per heavy atom. The Labute approximate surface area is 83.9 Å². The van der Waals surface area contributed by atoms with Gasteiger partial charge in [0.2, 0.25) is 0 Å². The normalized spacial score (nSPS) is 37.6. The molecule has 1 rings (SSSR count). The van der Waals surface area contributed by atoms with Crippen molar-refractivity contribution in [1.82, 2.24) is 0 Å². The summed E-state index contributed by atoms with van der Waals surface area (Å²) in [5, 5.41) is 19.9. The molecule has 0 spiro atoms. The zero-order chi connectivity index (χ0) is 11.0. The topological polar surface area (TPSA) is 66.8 Å². The third kappa shape index (κ3) is 1.77. The largest absolute Gasteiger partial charge is 0.461 e. The Morgan fingerprint density at radius 3 is 2.29 bits per heavy atom. The molecule has 0 aliphatic heterocycles. The first-order valence-electron chi connectivity index (χ1n) is 4.95. The van der Waals surface area contributed by atoms with E-state index in [-0.39, 0.29) is 12.5 Å². The number of hydrogen-bond donors (Lipinski definition) is 2. The van der Waals surface area contributed by atoms with Gasteiger partial charge in [-0.3, -0.25) is 0 Å². The van der Waals surface area contributed by atoms with Crippen molar-refractivity contribution in [2.24, 2.45) is 0 Å². The van der Waals surface area contributed by atoms with Crippen LogP contribution in [0.4, 0.5) is 0 Å². The summed E-state index contributed by atoms with van der Waals surface area (Å²) in [5.41, 5.74) is -3.09. The molecule has 2 atom stereocenters. The maximum Gasteiger partial charge on any atom is 0.341 e. The number of rotatable bonds is 2. The van der Waals surface area contributed by atoms with Gasteiger partial charge in [-0.25, -0.2) is 4.79 Å². The average Bonchev–Trinajstić information content (AvgIpc) is 2.26. The molecule has 1 aliphatic carbocycles. The second-order valence-corrected chi connectivity index (χ2v) is 4.44. The van der Waals surface area contributed by atoms with E-state index in [2.05, 4.69) is 0 Å². The molecule has 0 bridgehead atoms. The van der Waals surface area contributed by atoms with Crippen molar-refractivity contribution in [3.05, 3.63) is 0 Å². The van der Waals surface area contributed by atoms with E-state index in [0.29, 0.717) is 12.8 Å². The van der Waals surface area contributed by atoms with Crippen LogP contribution in [0.25, 0.3) is 0 Å². The lowest BCUT2D eigenvalue weighted by atomic mass is 9.88. The molecule has 1 aliphatic rings. The van der Waals surface area contributed by atoms with E-state index in [0.717, 1.165) is 0 Å². The molecule has 0 aromatic rings. The predicted octanol–water partition coefficient (Wildman–Crippen LogP) is 0.604. The van der Waals surface area contributed by atoms with Crippen LogP contribution < -0.4 is 0 Å². The van der Waals surface area contributed by atoms with E-state index >= 15 is 0 Å². The molecule has 0 saturated heterocycles. The van der Waals surface area contributed by atoms with Crippen LogP contribution in [0.2, 0.25) is 0 Å². The second-order valence-electron chi connectivity index (χ2n) is 4.44. The Morgan fingerprint density at radius 1 is 1.36 bits per heavy atom. The lowest BCUT2D eigenvalue weighted by molar-refractivity contribution is -0.191. The maximum atomic E-state index is 11.6. The predicted molar refractivity (Wildman–Crippen MR) is 50.7 cm³/mol. The van der Waals surface area contributed by atoms with Crippen LogP contribution in [-0.2, 0) is 9.53 Å². The SMILES string of the molecule is CC(C)OC(=O)C1(O)CCCC1(C)O. The van der Waals surface area contributed by atoms with Gasteiger partial charge >= 0.3 is 5.97 Å². The van der Waals surface area contributed by atoms with Crippen molar-refractivity contribution in [1.29, 1.82) is 0 Å². The highest BCUT2D eigenvalue weighted by Gasteiger charge is 2.56. The first-order chi connectivity index (χ1) is 6.29. The summed E-state index contributed by atoms with van der Waals surface area (Å²) in [6.07, 6.45) is 1.06. The first-order valence-corrected chi connectivity index (χ1v) is 4.95. The van der Waals surface area contributed by atoms with Crippen LogP contribution in [-0.4, -0.2) is 33.5 Å². The summed E-state index contributed by atoms with van der Waals surface area (Å²) < 4.78 is 4.92. The van der Waals surface area contributed by atoms with Gasteiger partial charge in [0.25, 0.3) is 0 Å². The molecule has 1 fully saturated rings. The lowest BCUT2D eigenvalue weighted by Gasteiger charge is -2.33. The highest BCUT2D eigenvalue weighted by molar-refractivity contribution is 5.81. The molecule has 0 aromatic carbocycles. The third-order valence-corrected chi connectivity index (χ3v) is 2.77. The highest BCUT2D eigenvalue weighted by atomic mass is 16.6. The van der Waals surface area contributed by atoms with E-state index in [1.54, 1.807) is 13.8 Å². The molecule has 2 N–H and O–H groups in total. The average molecular weight is 202 g/mol. The standard InChI is InChI=1S/C10H18O4/c1-7(2)14-8(11)10(13)6-4-5-9(10,3)12/h7,12-13H,4-6H2,1-3H3. The number of esters is 1. The van der Waals surface area contributed by atoms with E-state index in [1.165, 1.54) is 6.92 Å². The van der Waals surface area contributed by atoms with E-state index in [9.17, 15) is 15.0 Å². The summed E-state index contributed by atoms with van der Waals surface area (Å²) >= 11 is 0. The summed E-state index contributed by atoms with van der Waals surface area (Å²) in [4.78, 5) is 11.6. The quantitative estimate of drug-likeness (QED) is 0.644. The Kier molecular flexibility index (Phi) is 2.88. The molecule has 4 nitrogen and oxygen atoms in total. The van der Waals surface area contributed by atoms with Gasteiger partial charge in [-0.1, -0.05) is 0 Å². The third-order valence-electron chi connectivity index (χ3n) is 2.77. The van der Waals surface area contributed by atoms with Gasteiger partial charge in [-0.15, -0.1) is 0 Å². The van der Waals surface area contributed by atoms with Gasteiger partial charge in [0, 0.05) is 0 Å². The van der Waals surface area contributed by atoms with Gasteiger partial charge < -0.3 is 14.9 Å². The lowest BCUT2D eigenvalue weighted by Crippen LogP contribution is -2.54. The summed E-state index contributed by atoms with van der Waals surface area (Å²) in [7, 11) is 0. The fourth-order valence-electron chi connectivity index (χ4n) is 1.80. The zero-order valence-corrected chi connectivity index (χ0v) is 8.91.